The second-order valence-corrected chi connectivity index (χ2v) is 1.41. The van der Waals surface area contributed by atoms with Gasteiger partial charge >= 0.3 is 0 Å². The minimum atomic E-state index is 0.681. The summed E-state index contributed by atoms with van der Waals surface area (Å²) in [5.41, 5.74) is 0. The summed E-state index contributed by atoms with van der Waals surface area (Å²) < 4.78 is 4.82. The maximum absolute atomic E-state index is 4.82. The molecule has 1 aliphatic rings. The molecule has 0 radical (unpaired) electrons. The van der Waals surface area contributed by atoms with Gasteiger partial charge in [-0.2, -0.15) is 0 Å². The molecule has 0 amide bonds. The Morgan fingerprint density at radius 1 is 1.56 bits per heavy atom. The molecular formula is C7H13NO. The van der Waals surface area contributed by atoms with Crippen molar-refractivity contribution in [1.82, 2.24) is 4.90 Å². The lowest BCUT2D eigenvalue weighted by atomic mass is 10.8. The summed E-state index contributed by atoms with van der Waals surface area (Å²) in [5.74, 6) is 0.681. The molecule has 0 spiro atoms. The highest BCUT2D eigenvalue weighted by atomic mass is 16.5. The van der Waals surface area contributed by atoms with Crippen molar-refractivity contribution in [3.63, 3.8) is 0 Å². The van der Waals surface area contributed by atoms with E-state index in [1.165, 1.54) is 0 Å². The molecule has 0 aromatic rings. The van der Waals surface area contributed by atoms with Crippen molar-refractivity contribution in [2.45, 2.75) is 13.8 Å². The lowest BCUT2D eigenvalue weighted by Gasteiger charge is -2.04. The van der Waals surface area contributed by atoms with Crippen LogP contribution in [0.25, 0.3) is 0 Å². The average Bonchev–Trinajstić information content (AvgIpc) is 2.23. The molecule has 0 fully saturated rings. The number of nitrogens with zero attached hydrogens (tertiary/aromatic N) is 1. The summed E-state index contributed by atoms with van der Waals surface area (Å²) in [5, 5.41) is 0. The third-order valence-corrected chi connectivity index (χ3v) is 0.882. The fourth-order valence-corrected chi connectivity index (χ4v) is 0.367. The van der Waals surface area contributed by atoms with Gasteiger partial charge in [0.25, 0.3) is 0 Å². The van der Waals surface area contributed by atoms with E-state index in [1.54, 1.807) is 11.2 Å². The molecule has 1 heterocycles. The van der Waals surface area contributed by atoms with Gasteiger partial charge in [0.1, 0.15) is 6.26 Å². The Labute approximate surface area is 56.4 Å². The fourth-order valence-electron chi connectivity index (χ4n) is 0.367. The second-order valence-electron chi connectivity index (χ2n) is 1.41. The standard InChI is InChI=1S/C5H7NO.C2H6/c1-5-6(2)3-4-7-5;1-2/h3-4H,1H2,2H3;1-2H3. The number of ether oxygens (including phenoxy) is 1. The van der Waals surface area contributed by atoms with Crippen molar-refractivity contribution in [3.05, 3.63) is 24.9 Å². The minimum absolute atomic E-state index is 0.681. The van der Waals surface area contributed by atoms with Crippen molar-refractivity contribution in [2.24, 2.45) is 0 Å². The van der Waals surface area contributed by atoms with Crippen LogP contribution in [0.2, 0.25) is 0 Å². The van der Waals surface area contributed by atoms with Crippen molar-refractivity contribution in [2.75, 3.05) is 7.05 Å². The van der Waals surface area contributed by atoms with Gasteiger partial charge in [0.2, 0.25) is 0 Å². The van der Waals surface area contributed by atoms with E-state index in [-0.39, 0.29) is 0 Å². The zero-order valence-corrected chi connectivity index (χ0v) is 6.22. The molecule has 52 valence electrons. The average molecular weight is 127 g/mol. The first-order valence-corrected chi connectivity index (χ1v) is 3.06. The quantitative estimate of drug-likeness (QED) is 0.493. The first-order chi connectivity index (χ1) is 4.30. The maximum Gasteiger partial charge on any atom is 0.191 e. The van der Waals surface area contributed by atoms with E-state index in [4.69, 9.17) is 4.74 Å². The summed E-state index contributed by atoms with van der Waals surface area (Å²) in [7, 11) is 1.88. The summed E-state index contributed by atoms with van der Waals surface area (Å²) in [6.07, 6.45) is 3.41. The molecule has 0 aromatic heterocycles. The molecule has 2 nitrogen and oxygen atoms in total. The number of rotatable bonds is 0. The molecule has 0 unspecified atom stereocenters. The molecule has 9 heavy (non-hydrogen) atoms. The normalized spacial score (nSPS) is 14.6. The van der Waals surface area contributed by atoms with Gasteiger partial charge in [0.15, 0.2) is 5.88 Å². The summed E-state index contributed by atoms with van der Waals surface area (Å²) in [6.45, 7) is 7.58. The van der Waals surface area contributed by atoms with Gasteiger partial charge in [-0.05, 0) is 6.58 Å². The van der Waals surface area contributed by atoms with Crippen molar-refractivity contribution < 1.29 is 4.74 Å². The van der Waals surface area contributed by atoms with Crippen LogP contribution in [0.3, 0.4) is 0 Å². The molecule has 0 aromatic carbocycles. The van der Waals surface area contributed by atoms with Gasteiger partial charge in [0, 0.05) is 13.2 Å². The van der Waals surface area contributed by atoms with Crippen LogP contribution in [-0.2, 0) is 4.74 Å². The van der Waals surface area contributed by atoms with Gasteiger partial charge in [0.05, 0.1) is 0 Å². The number of hydrogen-bond acceptors (Lipinski definition) is 2. The van der Waals surface area contributed by atoms with Gasteiger partial charge in [-0.3, -0.25) is 0 Å². The molecule has 0 saturated carbocycles. The predicted molar refractivity (Wildman–Crippen MR) is 38.5 cm³/mol. The lowest BCUT2D eigenvalue weighted by molar-refractivity contribution is 0.297. The second kappa shape index (κ2) is 4.01. The predicted octanol–water partition coefficient (Wildman–Crippen LogP) is 1.92. The van der Waals surface area contributed by atoms with Gasteiger partial charge < -0.3 is 9.64 Å². The summed E-state index contributed by atoms with van der Waals surface area (Å²) >= 11 is 0. The topological polar surface area (TPSA) is 12.5 Å². The molecule has 0 bridgehead atoms. The van der Waals surface area contributed by atoms with Crippen LogP contribution in [-0.4, -0.2) is 11.9 Å². The third-order valence-electron chi connectivity index (χ3n) is 0.882. The molecular weight excluding hydrogens is 114 g/mol. The Morgan fingerprint density at radius 2 is 2.11 bits per heavy atom. The molecule has 2 heteroatoms. The van der Waals surface area contributed by atoms with Crippen LogP contribution in [0.1, 0.15) is 13.8 Å². The third kappa shape index (κ3) is 2.22. The van der Waals surface area contributed by atoms with E-state index in [0.29, 0.717) is 5.88 Å². The molecule has 0 saturated heterocycles. The first-order valence-electron chi connectivity index (χ1n) is 3.06. The van der Waals surface area contributed by atoms with Gasteiger partial charge in [-0.15, -0.1) is 0 Å². The van der Waals surface area contributed by atoms with E-state index in [1.807, 2.05) is 27.1 Å². The largest absolute Gasteiger partial charge is 0.448 e. The number of hydrogen-bond donors (Lipinski definition) is 0. The van der Waals surface area contributed by atoms with Crippen LogP contribution in [0.5, 0.6) is 0 Å². The Bertz CT molecular complexity index is 118. The lowest BCUT2D eigenvalue weighted by Crippen LogP contribution is -2.02. The highest BCUT2D eigenvalue weighted by molar-refractivity contribution is 4.97. The Balaban J connectivity index is 0.000000291. The van der Waals surface area contributed by atoms with Crippen molar-refractivity contribution >= 4 is 0 Å². The van der Waals surface area contributed by atoms with Crippen LogP contribution in [0.15, 0.2) is 24.9 Å². The maximum atomic E-state index is 4.82. The van der Waals surface area contributed by atoms with Crippen molar-refractivity contribution in [3.8, 4) is 0 Å². The van der Waals surface area contributed by atoms with E-state index in [2.05, 4.69) is 6.58 Å². The zero-order chi connectivity index (χ0) is 7.28. The molecule has 0 N–H and O–H groups in total. The SMILES string of the molecule is C=C1OC=CN1C.CC. The molecule has 1 rings (SSSR count). The Kier molecular flexibility index (Phi) is 3.60. The van der Waals surface area contributed by atoms with Gasteiger partial charge in [-0.1, -0.05) is 13.8 Å². The smallest absolute Gasteiger partial charge is 0.191 e. The molecule has 0 aliphatic carbocycles. The molecule has 0 atom stereocenters. The van der Waals surface area contributed by atoms with Crippen molar-refractivity contribution in [1.29, 1.82) is 0 Å². The van der Waals surface area contributed by atoms with E-state index < -0.39 is 0 Å². The summed E-state index contributed by atoms with van der Waals surface area (Å²) in [4.78, 5) is 1.81. The first kappa shape index (κ1) is 8.08. The molecule has 1 aliphatic heterocycles. The van der Waals surface area contributed by atoms with Crippen LogP contribution < -0.4 is 0 Å². The fraction of sp³-hybridized carbons (Fsp3) is 0.429. The van der Waals surface area contributed by atoms with E-state index >= 15 is 0 Å². The monoisotopic (exact) mass is 127 g/mol. The van der Waals surface area contributed by atoms with Gasteiger partial charge in [-0.25, -0.2) is 0 Å². The summed E-state index contributed by atoms with van der Waals surface area (Å²) in [6, 6.07) is 0. The Morgan fingerprint density at radius 3 is 2.22 bits per heavy atom. The van der Waals surface area contributed by atoms with Crippen LogP contribution in [0.4, 0.5) is 0 Å². The minimum Gasteiger partial charge on any atom is -0.448 e. The van der Waals surface area contributed by atoms with E-state index in [0.717, 1.165) is 0 Å². The van der Waals surface area contributed by atoms with Crippen LogP contribution >= 0.6 is 0 Å². The zero-order valence-electron chi connectivity index (χ0n) is 6.22. The highest BCUT2D eigenvalue weighted by Gasteiger charge is 2.01. The Hall–Kier alpha value is -0.920. The van der Waals surface area contributed by atoms with E-state index in [9.17, 15) is 0 Å². The van der Waals surface area contributed by atoms with Crippen LogP contribution in [0, 0.1) is 0 Å². The highest BCUT2D eigenvalue weighted by Crippen LogP contribution is 2.07.